The summed E-state index contributed by atoms with van der Waals surface area (Å²) in [7, 11) is -0.987. The Morgan fingerprint density at radius 3 is 2.56 bits per heavy atom. The molecule has 1 N–H and O–H groups in total. The molecule has 0 radical (unpaired) electrons. The number of likely N-dealkylation sites (tertiary alicyclic amines) is 1. The van der Waals surface area contributed by atoms with Crippen molar-refractivity contribution in [3.8, 4) is 0 Å². The van der Waals surface area contributed by atoms with Gasteiger partial charge in [0.25, 0.3) is 0 Å². The molecule has 1 aliphatic heterocycles. The zero-order chi connectivity index (χ0) is 19.1. The molecule has 1 heterocycles. The number of benzene rings is 2. The first-order valence-electron chi connectivity index (χ1n) is 9.29. The lowest BCUT2D eigenvalue weighted by molar-refractivity contribution is -0.126. The molecule has 0 aliphatic carbocycles. The van der Waals surface area contributed by atoms with E-state index in [1.54, 1.807) is 0 Å². The third-order valence-electron chi connectivity index (χ3n) is 4.72. The monoisotopic (exact) mass is 448 g/mol. The molecule has 1 aliphatic rings. The average Bonchev–Trinajstić information content (AvgIpc) is 3.17. The van der Waals surface area contributed by atoms with Gasteiger partial charge < -0.3 is 5.32 Å². The van der Waals surface area contributed by atoms with Gasteiger partial charge in [-0.25, -0.2) is 0 Å². The van der Waals surface area contributed by atoms with Gasteiger partial charge in [0.1, 0.15) is 6.04 Å². The van der Waals surface area contributed by atoms with Crippen molar-refractivity contribution >= 4 is 32.6 Å². The van der Waals surface area contributed by atoms with E-state index in [1.165, 1.54) is 0 Å². The molecule has 0 bridgehead atoms. The van der Waals surface area contributed by atoms with Gasteiger partial charge in [0.2, 0.25) is 5.91 Å². The molecular weight excluding hydrogens is 424 g/mol. The fourth-order valence-corrected chi connectivity index (χ4v) is 4.88. The molecule has 1 fully saturated rings. The van der Waals surface area contributed by atoms with Crippen LogP contribution in [0.15, 0.2) is 59.1 Å². The van der Waals surface area contributed by atoms with Crippen molar-refractivity contribution in [1.82, 2.24) is 10.2 Å². The van der Waals surface area contributed by atoms with Crippen LogP contribution >= 0.6 is 15.9 Å². The minimum atomic E-state index is -0.987. The second-order valence-electron chi connectivity index (χ2n) is 6.77. The second-order valence-corrected chi connectivity index (χ2v) is 9.26. The van der Waals surface area contributed by atoms with Crippen molar-refractivity contribution in [2.75, 3.05) is 25.4 Å². The Hall–Kier alpha value is -1.50. The molecule has 6 heteroatoms. The number of halogens is 1. The number of hydrogen-bond acceptors (Lipinski definition) is 3. The molecule has 0 aromatic heterocycles. The number of nitrogens with zero attached hydrogens (tertiary/aromatic N) is 1. The highest BCUT2D eigenvalue weighted by atomic mass is 79.9. The van der Waals surface area contributed by atoms with Crippen molar-refractivity contribution in [1.29, 1.82) is 0 Å². The van der Waals surface area contributed by atoms with E-state index in [2.05, 4.69) is 26.1 Å². The lowest BCUT2D eigenvalue weighted by Gasteiger charge is -2.27. The molecule has 1 saturated heterocycles. The highest BCUT2D eigenvalue weighted by Crippen LogP contribution is 2.27. The topological polar surface area (TPSA) is 49.4 Å². The van der Waals surface area contributed by atoms with Crippen LogP contribution in [0.4, 0.5) is 0 Å². The second kappa shape index (κ2) is 10.2. The van der Waals surface area contributed by atoms with E-state index >= 15 is 0 Å². The summed E-state index contributed by atoms with van der Waals surface area (Å²) in [4.78, 5) is 15.1. The Morgan fingerprint density at radius 1 is 1.11 bits per heavy atom. The van der Waals surface area contributed by atoms with Crippen molar-refractivity contribution in [2.45, 2.75) is 24.6 Å². The summed E-state index contributed by atoms with van der Waals surface area (Å²) in [6.07, 6.45) is 2.25. The number of amides is 1. The summed E-state index contributed by atoms with van der Waals surface area (Å²) >= 11 is 3.50. The van der Waals surface area contributed by atoms with Crippen LogP contribution in [-0.2, 0) is 21.3 Å². The molecule has 1 amide bonds. The molecule has 144 valence electrons. The molecular formula is C21H25BrN2O2S. The minimum Gasteiger partial charge on any atom is -0.354 e. The maximum absolute atomic E-state index is 12.9. The average molecular weight is 449 g/mol. The number of nitrogens with one attached hydrogen (secondary N) is 1. The summed E-state index contributed by atoms with van der Waals surface area (Å²) in [5.74, 6) is 0.982. The summed E-state index contributed by atoms with van der Waals surface area (Å²) < 4.78 is 13.3. The highest BCUT2D eigenvalue weighted by Gasteiger charge is 2.29. The first-order valence-corrected chi connectivity index (χ1v) is 11.6. The minimum absolute atomic E-state index is 0.00767. The van der Waals surface area contributed by atoms with Crippen LogP contribution in [0, 0.1) is 0 Å². The van der Waals surface area contributed by atoms with Crippen LogP contribution in [0.5, 0.6) is 0 Å². The Morgan fingerprint density at radius 2 is 1.85 bits per heavy atom. The maximum Gasteiger partial charge on any atom is 0.241 e. The van der Waals surface area contributed by atoms with Crippen LogP contribution in [0.3, 0.4) is 0 Å². The van der Waals surface area contributed by atoms with Gasteiger partial charge in [-0.2, -0.15) is 0 Å². The molecule has 2 aromatic rings. The summed E-state index contributed by atoms with van der Waals surface area (Å²) in [5, 5.41) is 3.01. The molecule has 3 rings (SSSR count). The summed E-state index contributed by atoms with van der Waals surface area (Å²) in [6, 6.07) is 17.5. The quantitative estimate of drug-likeness (QED) is 0.670. The van der Waals surface area contributed by atoms with Crippen LogP contribution in [0.2, 0.25) is 0 Å². The molecule has 27 heavy (non-hydrogen) atoms. The normalized spacial score (nSPS) is 16.8. The smallest absolute Gasteiger partial charge is 0.241 e. The number of carbonyl (C=O) groups is 1. The lowest BCUT2D eigenvalue weighted by atomic mass is 10.0. The van der Waals surface area contributed by atoms with E-state index in [4.69, 9.17) is 0 Å². The van der Waals surface area contributed by atoms with Crippen molar-refractivity contribution in [3.05, 3.63) is 70.2 Å². The zero-order valence-electron chi connectivity index (χ0n) is 15.3. The number of carbonyl (C=O) groups excluding carboxylic acids is 1. The van der Waals surface area contributed by atoms with E-state index in [0.717, 1.165) is 41.5 Å². The molecule has 4 nitrogen and oxygen atoms in total. The van der Waals surface area contributed by atoms with Crippen LogP contribution in [0.1, 0.15) is 30.0 Å². The van der Waals surface area contributed by atoms with E-state index < -0.39 is 10.8 Å². The largest absolute Gasteiger partial charge is 0.354 e. The zero-order valence-corrected chi connectivity index (χ0v) is 17.7. The molecule has 2 unspecified atom stereocenters. The molecule has 0 spiro atoms. The van der Waals surface area contributed by atoms with Crippen LogP contribution < -0.4 is 5.32 Å². The number of hydrogen-bond donors (Lipinski definition) is 1. The van der Waals surface area contributed by atoms with Gasteiger partial charge in [-0.15, -0.1) is 0 Å². The Bertz CT molecular complexity index is 779. The fraction of sp³-hybridized carbons (Fsp3) is 0.381. The van der Waals surface area contributed by atoms with Crippen molar-refractivity contribution < 1.29 is 9.00 Å². The van der Waals surface area contributed by atoms with E-state index in [0.29, 0.717) is 18.1 Å². The van der Waals surface area contributed by atoms with Gasteiger partial charge in [-0.1, -0.05) is 58.4 Å². The van der Waals surface area contributed by atoms with Crippen molar-refractivity contribution in [2.24, 2.45) is 0 Å². The van der Waals surface area contributed by atoms with E-state index in [9.17, 15) is 9.00 Å². The Labute approximate surface area is 171 Å². The molecule has 2 aromatic carbocycles. The first kappa shape index (κ1) is 20.2. The SMILES string of the molecule is O=C(NCCS(=O)Cc1ccccc1)C(c1cccc(Br)c1)N1CCCC1. The third kappa shape index (κ3) is 5.99. The summed E-state index contributed by atoms with van der Waals surface area (Å²) in [6.45, 7) is 2.30. The predicted molar refractivity (Wildman–Crippen MR) is 114 cm³/mol. The van der Waals surface area contributed by atoms with Crippen LogP contribution in [0.25, 0.3) is 0 Å². The van der Waals surface area contributed by atoms with Gasteiger partial charge in [-0.05, 0) is 49.2 Å². The Balaban J connectivity index is 1.57. The highest BCUT2D eigenvalue weighted by molar-refractivity contribution is 9.10. The van der Waals surface area contributed by atoms with Gasteiger partial charge >= 0.3 is 0 Å². The van der Waals surface area contributed by atoms with Gasteiger partial charge in [-0.3, -0.25) is 13.9 Å². The molecule has 2 atom stereocenters. The lowest BCUT2D eigenvalue weighted by Crippen LogP contribution is -2.40. The Kier molecular flexibility index (Phi) is 7.61. The maximum atomic E-state index is 12.9. The van der Waals surface area contributed by atoms with Gasteiger partial charge in [0, 0.05) is 33.3 Å². The first-order chi connectivity index (χ1) is 13.1. The van der Waals surface area contributed by atoms with E-state index in [-0.39, 0.29) is 11.9 Å². The van der Waals surface area contributed by atoms with Gasteiger partial charge in [0.15, 0.2) is 0 Å². The van der Waals surface area contributed by atoms with Crippen LogP contribution in [-0.4, -0.2) is 40.4 Å². The summed E-state index contributed by atoms with van der Waals surface area (Å²) in [5.41, 5.74) is 2.06. The standard InChI is InChI=1S/C21H25BrN2O2S/c22-19-10-6-9-18(15-19)20(24-12-4-5-13-24)21(25)23-11-14-27(26)16-17-7-2-1-3-8-17/h1-3,6-10,15,20H,4-5,11-14,16H2,(H,23,25). The molecule has 0 saturated carbocycles. The third-order valence-corrected chi connectivity index (χ3v) is 6.53. The van der Waals surface area contributed by atoms with Crippen molar-refractivity contribution in [3.63, 3.8) is 0 Å². The van der Waals surface area contributed by atoms with E-state index in [1.807, 2.05) is 54.6 Å². The fourth-order valence-electron chi connectivity index (χ4n) is 3.42. The predicted octanol–water partition coefficient (Wildman–Crippen LogP) is 3.65. The number of rotatable bonds is 8. The van der Waals surface area contributed by atoms with Gasteiger partial charge in [0.05, 0.1) is 0 Å².